The van der Waals surface area contributed by atoms with Crippen LogP contribution in [-0.2, 0) is 15.8 Å². The number of nitrogens with one attached hydrogen (secondary N) is 2. The van der Waals surface area contributed by atoms with Crippen molar-refractivity contribution in [2.45, 2.75) is 77.6 Å². The number of amides is 1. The summed E-state index contributed by atoms with van der Waals surface area (Å²) in [5, 5.41) is 17.9. The summed E-state index contributed by atoms with van der Waals surface area (Å²) in [4.78, 5) is 14.2. The fraction of sp³-hybridized carbons (Fsp3) is 0.667. The van der Waals surface area contributed by atoms with E-state index < -0.39 is 13.7 Å². The van der Waals surface area contributed by atoms with Crippen molar-refractivity contribution in [2.24, 2.45) is 5.41 Å². The Morgan fingerprint density at radius 2 is 1.81 bits per heavy atom. The second-order valence-corrected chi connectivity index (χ2v) is 15.2. The summed E-state index contributed by atoms with van der Waals surface area (Å²) in [6, 6.07) is 9.63. The number of carbonyl (C=O) groups excluding carboxylic acids is 1. The average molecular weight is 464 g/mol. The number of nitrogens with zero attached hydrogens (tertiary/aromatic N) is 1. The summed E-state index contributed by atoms with van der Waals surface area (Å²) in [6.07, 6.45) is 3.56. The summed E-state index contributed by atoms with van der Waals surface area (Å²) in [5.74, 6) is 0.139. The van der Waals surface area contributed by atoms with Crippen LogP contribution in [0.1, 0.15) is 58.4 Å². The predicted molar refractivity (Wildman–Crippen MR) is 130 cm³/mol. The Morgan fingerprint density at radius 1 is 1.19 bits per heavy atom. The highest BCUT2D eigenvalue weighted by Gasteiger charge is 2.40. The number of hydroxylamine groups is 1. The topological polar surface area (TPSA) is 94.9 Å². The van der Waals surface area contributed by atoms with Gasteiger partial charge in [-0.25, -0.2) is 4.79 Å². The third-order valence-electron chi connectivity index (χ3n) is 7.14. The number of carbonyl (C=O) groups is 1. The zero-order valence-corrected chi connectivity index (χ0v) is 21.4. The third kappa shape index (κ3) is 7.05. The molecule has 2 rings (SSSR count). The summed E-state index contributed by atoms with van der Waals surface area (Å²) in [7, 11) is -1.75. The Labute approximate surface area is 194 Å². The molecule has 1 fully saturated rings. The van der Waals surface area contributed by atoms with Crippen LogP contribution >= 0.6 is 0 Å². The Morgan fingerprint density at radius 3 is 2.38 bits per heavy atom. The number of piperidine rings is 1. The number of ether oxygens (including phenoxy) is 1. The van der Waals surface area contributed by atoms with Gasteiger partial charge in [0.1, 0.15) is 12.4 Å². The van der Waals surface area contributed by atoms with Crippen molar-refractivity contribution in [3.05, 3.63) is 35.9 Å². The smallest absolute Gasteiger partial charge is 0.410 e. The first kappa shape index (κ1) is 26.4. The summed E-state index contributed by atoms with van der Waals surface area (Å²) in [6.45, 7) is 13.2. The van der Waals surface area contributed by atoms with Gasteiger partial charge in [0.25, 0.3) is 0 Å². The number of hydrogen-bond donors (Lipinski definition) is 3. The van der Waals surface area contributed by atoms with Crippen molar-refractivity contribution >= 4 is 20.2 Å². The molecule has 8 heteroatoms. The lowest BCUT2D eigenvalue weighted by Crippen LogP contribution is -2.49. The molecule has 32 heavy (non-hydrogen) atoms. The fourth-order valence-corrected chi connectivity index (χ4v) is 4.87. The number of rotatable bonds is 9. The molecule has 1 aromatic rings. The van der Waals surface area contributed by atoms with Gasteiger partial charge in [0.15, 0.2) is 8.32 Å². The lowest BCUT2D eigenvalue weighted by Gasteiger charge is -2.41. The Bertz CT molecular complexity index is 741. The van der Waals surface area contributed by atoms with Gasteiger partial charge >= 0.3 is 6.09 Å². The third-order valence-corrected chi connectivity index (χ3v) is 11.7. The number of unbranched alkanes of at least 4 members (excludes halogenated alkanes) is 1. The summed E-state index contributed by atoms with van der Waals surface area (Å²) in [5.41, 5.74) is 2.59. The van der Waals surface area contributed by atoms with Crippen LogP contribution in [0.25, 0.3) is 0 Å². The Hall–Kier alpha value is -1.90. The molecule has 3 N–H and O–H groups in total. The lowest BCUT2D eigenvalue weighted by molar-refractivity contribution is 0.0702. The number of benzene rings is 1. The first-order chi connectivity index (χ1) is 15.0. The molecular weight excluding hydrogens is 422 g/mol. The summed E-state index contributed by atoms with van der Waals surface area (Å²) < 4.78 is 11.7. The molecule has 180 valence electrons. The molecule has 1 amide bonds. The van der Waals surface area contributed by atoms with Crippen LogP contribution in [0.5, 0.6) is 0 Å². The quantitative estimate of drug-likeness (QED) is 0.147. The van der Waals surface area contributed by atoms with E-state index in [0.717, 1.165) is 31.4 Å². The van der Waals surface area contributed by atoms with Crippen molar-refractivity contribution < 1.29 is 19.2 Å². The molecule has 1 saturated heterocycles. The molecule has 1 aliphatic rings. The van der Waals surface area contributed by atoms with Gasteiger partial charge in [0, 0.05) is 25.1 Å². The summed E-state index contributed by atoms with van der Waals surface area (Å²) >= 11 is 0. The molecule has 0 aliphatic carbocycles. The van der Waals surface area contributed by atoms with Gasteiger partial charge in [0.2, 0.25) is 0 Å². The molecule has 1 heterocycles. The van der Waals surface area contributed by atoms with Crippen LogP contribution in [0, 0.1) is 10.8 Å². The van der Waals surface area contributed by atoms with E-state index >= 15 is 0 Å². The predicted octanol–water partition coefficient (Wildman–Crippen LogP) is 5.55. The van der Waals surface area contributed by atoms with E-state index in [1.807, 2.05) is 30.3 Å². The zero-order valence-electron chi connectivity index (χ0n) is 20.4. The van der Waals surface area contributed by atoms with Crippen LogP contribution in [0.2, 0.25) is 18.1 Å². The molecule has 0 spiro atoms. The molecule has 7 nitrogen and oxygen atoms in total. The van der Waals surface area contributed by atoms with Gasteiger partial charge in [-0.15, -0.1) is 0 Å². The fourth-order valence-electron chi connectivity index (χ4n) is 3.78. The first-order valence-corrected chi connectivity index (χ1v) is 14.5. The van der Waals surface area contributed by atoms with Crippen molar-refractivity contribution in [1.29, 1.82) is 5.41 Å². The van der Waals surface area contributed by atoms with Crippen molar-refractivity contribution in [2.75, 3.05) is 19.7 Å². The van der Waals surface area contributed by atoms with Gasteiger partial charge in [0.05, 0.1) is 0 Å². The maximum atomic E-state index is 12.5. The SMILES string of the molecule is CC(C)(C)[Si](C)(C)OCCCCC1(C(=N)NO)CCN(C(=O)OCc2ccccc2)CC1. The minimum atomic E-state index is -1.75. The van der Waals surface area contributed by atoms with Gasteiger partial charge in [-0.2, -0.15) is 0 Å². The number of hydrogen-bond acceptors (Lipinski definition) is 5. The van der Waals surface area contributed by atoms with Crippen LogP contribution < -0.4 is 5.48 Å². The van der Waals surface area contributed by atoms with Gasteiger partial charge in [-0.3, -0.25) is 16.1 Å². The lowest BCUT2D eigenvalue weighted by atomic mass is 9.73. The van der Waals surface area contributed by atoms with E-state index in [1.165, 1.54) is 0 Å². The molecular formula is C24H41N3O4Si. The van der Waals surface area contributed by atoms with Crippen molar-refractivity contribution in [3.8, 4) is 0 Å². The zero-order chi connectivity index (χ0) is 23.8. The monoisotopic (exact) mass is 463 g/mol. The molecule has 0 atom stereocenters. The van der Waals surface area contributed by atoms with Crippen molar-refractivity contribution in [3.63, 3.8) is 0 Å². The average Bonchev–Trinajstić information content (AvgIpc) is 2.77. The van der Waals surface area contributed by atoms with Crippen LogP contribution in [0.4, 0.5) is 4.79 Å². The number of amidine groups is 1. The standard InChI is InChI=1S/C24H41N3O4Si/c1-23(2,3)32(4,5)31-18-10-9-13-24(21(25)26-29)14-16-27(17-15-24)22(28)30-19-20-11-7-6-8-12-20/h6-8,11-12,29H,9-10,13-19H2,1-5H3,(H2,25,26). The van der Waals surface area contributed by atoms with Gasteiger partial charge in [-0.1, -0.05) is 57.5 Å². The molecule has 0 radical (unpaired) electrons. The van der Waals surface area contributed by atoms with E-state index in [2.05, 4.69) is 39.3 Å². The van der Waals surface area contributed by atoms with E-state index in [0.29, 0.717) is 25.9 Å². The Balaban J connectivity index is 1.82. The van der Waals surface area contributed by atoms with Crippen LogP contribution in [0.15, 0.2) is 30.3 Å². The molecule has 0 saturated carbocycles. The molecule has 0 aromatic heterocycles. The maximum Gasteiger partial charge on any atom is 0.410 e. The van der Waals surface area contributed by atoms with E-state index in [9.17, 15) is 10.0 Å². The van der Waals surface area contributed by atoms with Gasteiger partial charge in [-0.05, 0) is 49.4 Å². The highest BCUT2D eigenvalue weighted by Crippen LogP contribution is 2.38. The van der Waals surface area contributed by atoms with E-state index in [4.69, 9.17) is 14.6 Å². The van der Waals surface area contributed by atoms with Gasteiger partial charge < -0.3 is 14.1 Å². The highest BCUT2D eigenvalue weighted by molar-refractivity contribution is 6.74. The second kappa shape index (κ2) is 11.3. The van der Waals surface area contributed by atoms with Crippen LogP contribution in [-0.4, -0.2) is 50.0 Å². The van der Waals surface area contributed by atoms with Crippen molar-refractivity contribution in [1.82, 2.24) is 10.4 Å². The molecule has 0 bridgehead atoms. The minimum Gasteiger partial charge on any atom is -0.445 e. The number of likely N-dealkylation sites (tertiary alicyclic amines) is 1. The highest BCUT2D eigenvalue weighted by atomic mass is 28.4. The molecule has 0 unspecified atom stereocenters. The van der Waals surface area contributed by atoms with Crippen LogP contribution in [0.3, 0.4) is 0 Å². The maximum absolute atomic E-state index is 12.5. The van der Waals surface area contributed by atoms with E-state index in [1.54, 1.807) is 4.90 Å². The second-order valence-electron chi connectivity index (χ2n) is 10.4. The molecule has 1 aromatic carbocycles. The first-order valence-electron chi connectivity index (χ1n) is 11.6. The van der Waals surface area contributed by atoms with E-state index in [-0.39, 0.29) is 23.6 Å². The Kier molecular flexibility index (Phi) is 9.30. The normalized spacial score (nSPS) is 16.5. The molecule has 1 aliphatic heterocycles. The minimum absolute atomic E-state index is 0.139. The largest absolute Gasteiger partial charge is 0.445 e.